The lowest BCUT2D eigenvalue weighted by atomic mass is 10.1. The van der Waals surface area contributed by atoms with Gasteiger partial charge in [-0.2, -0.15) is 0 Å². The summed E-state index contributed by atoms with van der Waals surface area (Å²) in [5.41, 5.74) is 6.29. The Labute approximate surface area is 184 Å². The largest absolute Gasteiger partial charge is 0.395 e. The maximum atomic E-state index is 11.5. The van der Waals surface area contributed by atoms with Crippen molar-refractivity contribution in [2.75, 3.05) is 19.7 Å². The number of hydroxylamine groups is 1. The Morgan fingerprint density at radius 3 is 2.61 bits per heavy atom. The fourth-order valence-electron chi connectivity index (χ4n) is 3.73. The van der Waals surface area contributed by atoms with E-state index in [9.17, 15) is 9.90 Å². The first-order valence-electron chi connectivity index (χ1n) is 10.2. The summed E-state index contributed by atoms with van der Waals surface area (Å²) < 4.78 is 0. The highest BCUT2D eigenvalue weighted by Crippen LogP contribution is 2.28. The molecule has 0 unspecified atom stereocenters. The quantitative estimate of drug-likeness (QED) is 0.236. The molecule has 0 saturated heterocycles. The van der Waals surface area contributed by atoms with E-state index < -0.39 is 5.91 Å². The molecule has 7 heteroatoms. The van der Waals surface area contributed by atoms with Crippen molar-refractivity contribution in [3.8, 4) is 10.4 Å². The van der Waals surface area contributed by atoms with Gasteiger partial charge in [-0.15, -0.1) is 11.3 Å². The van der Waals surface area contributed by atoms with Crippen LogP contribution in [0.2, 0.25) is 0 Å². The number of carbonyl (C=O) groups excluding carboxylic acids is 1. The Morgan fingerprint density at radius 1 is 1.03 bits per heavy atom. The highest BCUT2D eigenvalue weighted by Gasteiger charge is 2.11. The van der Waals surface area contributed by atoms with Gasteiger partial charge in [0.15, 0.2) is 0 Å². The van der Waals surface area contributed by atoms with Crippen molar-refractivity contribution in [2.45, 2.75) is 13.0 Å². The monoisotopic (exact) mass is 435 g/mol. The molecule has 2 heterocycles. The van der Waals surface area contributed by atoms with E-state index in [0.717, 1.165) is 35.5 Å². The number of thiophene rings is 1. The zero-order valence-electron chi connectivity index (χ0n) is 17.0. The van der Waals surface area contributed by atoms with Crippen LogP contribution in [-0.2, 0) is 13.0 Å². The summed E-state index contributed by atoms with van der Waals surface area (Å²) in [6.07, 6.45) is 2.98. The number of aromatic amines is 1. The predicted octanol–water partition coefficient (Wildman–Crippen LogP) is 4.05. The third-order valence-corrected chi connectivity index (χ3v) is 6.50. The summed E-state index contributed by atoms with van der Waals surface area (Å²) in [6, 6.07) is 20.1. The molecule has 2 aromatic carbocycles. The number of hydrogen-bond donors (Lipinski definition) is 4. The van der Waals surface area contributed by atoms with Crippen molar-refractivity contribution < 1.29 is 15.1 Å². The first-order chi connectivity index (χ1) is 15.2. The lowest BCUT2D eigenvalue weighted by molar-refractivity contribution is 0.0711. The van der Waals surface area contributed by atoms with Crippen molar-refractivity contribution >= 4 is 28.1 Å². The van der Waals surface area contributed by atoms with E-state index in [2.05, 4.69) is 46.4 Å². The van der Waals surface area contributed by atoms with Crippen LogP contribution in [0.5, 0.6) is 0 Å². The van der Waals surface area contributed by atoms with E-state index in [-0.39, 0.29) is 6.61 Å². The van der Waals surface area contributed by atoms with E-state index in [1.807, 2.05) is 24.3 Å². The zero-order valence-corrected chi connectivity index (χ0v) is 17.9. The van der Waals surface area contributed by atoms with Crippen LogP contribution < -0.4 is 5.48 Å². The minimum absolute atomic E-state index is 0.122. The number of rotatable bonds is 9. The first-order valence-corrected chi connectivity index (χ1v) is 11.0. The molecule has 6 nitrogen and oxygen atoms in total. The molecule has 0 bridgehead atoms. The fraction of sp³-hybridized carbons (Fsp3) is 0.208. The molecule has 0 atom stereocenters. The van der Waals surface area contributed by atoms with Crippen molar-refractivity contribution in [3.05, 3.63) is 82.9 Å². The smallest absolute Gasteiger partial charge is 0.284 e. The summed E-state index contributed by atoms with van der Waals surface area (Å²) in [4.78, 5) is 18.5. The number of H-pyrrole nitrogens is 1. The maximum absolute atomic E-state index is 11.5. The third kappa shape index (κ3) is 5.03. The number of aromatic nitrogens is 1. The fourth-order valence-corrected chi connectivity index (χ4v) is 4.63. The number of para-hydroxylation sites is 1. The highest BCUT2D eigenvalue weighted by atomic mass is 32.1. The second-order valence-corrected chi connectivity index (χ2v) is 8.49. The van der Waals surface area contributed by atoms with E-state index >= 15 is 0 Å². The minimum Gasteiger partial charge on any atom is -0.395 e. The topological polar surface area (TPSA) is 88.6 Å². The lowest BCUT2D eigenvalue weighted by Crippen LogP contribution is -2.28. The first kappa shape index (κ1) is 21.3. The molecule has 160 valence electrons. The third-order valence-electron chi connectivity index (χ3n) is 5.36. The Hall–Kier alpha value is -2.97. The SMILES string of the molecule is O=C(NO)c1ccc(-c2ccc(CN(CCO)CCc3c[nH]c4ccccc34)cc2)s1. The molecular weight excluding hydrogens is 410 g/mol. The van der Waals surface area contributed by atoms with Crippen LogP contribution in [0.1, 0.15) is 20.8 Å². The Morgan fingerprint density at radius 2 is 1.84 bits per heavy atom. The van der Waals surface area contributed by atoms with E-state index in [1.165, 1.54) is 27.8 Å². The number of hydrogen-bond acceptors (Lipinski definition) is 5. The second-order valence-electron chi connectivity index (χ2n) is 7.41. The number of carbonyl (C=O) groups is 1. The number of amides is 1. The molecule has 4 N–H and O–H groups in total. The summed E-state index contributed by atoms with van der Waals surface area (Å²) in [5, 5.41) is 19.5. The molecule has 4 rings (SSSR count). The molecule has 4 aromatic rings. The number of aliphatic hydroxyl groups is 1. The van der Waals surface area contributed by atoms with Crippen LogP contribution in [0, 0.1) is 0 Å². The van der Waals surface area contributed by atoms with Crippen LogP contribution in [0.3, 0.4) is 0 Å². The Balaban J connectivity index is 1.41. The van der Waals surface area contributed by atoms with Crippen LogP contribution >= 0.6 is 11.3 Å². The Kier molecular flexibility index (Phi) is 6.79. The second kappa shape index (κ2) is 9.89. The number of nitrogens with one attached hydrogen (secondary N) is 2. The van der Waals surface area contributed by atoms with Gasteiger partial charge in [-0.25, -0.2) is 5.48 Å². The van der Waals surface area contributed by atoms with Gasteiger partial charge >= 0.3 is 0 Å². The van der Waals surface area contributed by atoms with E-state index in [0.29, 0.717) is 11.4 Å². The average molecular weight is 436 g/mol. The van der Waals surface area contributed by atoms with Gasteiger partial charge in [0.05, 0.1) is 11.5 Å². The molecule has 0 saturated carbocycles. The van der Waals surface area contributed by atoms with Gasteiger partial charge in [0.2, 0.25) is 0 Å². The molecule has 0 radical (unpaired) electrons. The summed E-state index contributed by atoms with van der Waals surface area (Å²) in [5.74, 6) is -0.497. The number of aliphatic hydroxyl groups excluding tert-OH is 1. The molecule has 0 aliphatic rings. The number of nitrogens with zero attached hydrogens (tertiary/aromatic N) is 1. The summed E-state index contributed by atoms with van der Waals surface area (Å²) in [6.45, 7) is 2.35. The van der Waals surface area contributed by atoms with Crippen LogP contribution in [0.4, 0.5) is 0 Å². The average Bonchev–Trinajstić information content (AvgIpc) is 3.45. The molecule has 0 aliphatic heterocycles. The van der Waals surface area contributed by atoms with Gasteiger partial charge in [0, 0.05) is 41.6 Å². The normalized spacial score (nSPS) is 11.3. The van der Waals surface area contributed by atoms with Crippen molar-refractivity contribution in [2.24, 2.45) is 0 Å². The van der Waals surface area contributed by atoms with Gasteiger partial charge in [-0.05, 0) is 41.3 Å². The van der Waals surface area contributed by atoms with Gasteiger partial charge in [0.1, 0.15) is 0 Å². The van der Waals surface area contributed by atoms with Gasteiger partial charge in [-0.1, -0.05) is 42.5 Å². The molecular formula is C24H25N3O3S. The molecule has 31 heavy (non-hydrogen) atoms. The van der Waals surface area contributed by atoms with Gasteiger partial charge in [-0.3, -0.25) is 14.9 Å². The van der Waals surface area contributed by atoms with Crippen LogP contribution in [0.25, 0.3) is 21.3 Å². The number of benzene rings is 2. The number of fused-ring (bicyclic) bond motifs is 1. The molecule has 2 aromatic heterocycles. The van der Waals surface area contributed by atoms with Crippen molar-refractivity contribution in [1.29, 1.82) is 0 Å². The molecule has 1 amide bonds. The van der Waals surface area contributed by atoms with Gasteiger partial charge < -0.3 is 10.1 Å². The van der Waals surface area contributed by atoms with E-state index in [1.54, 1.807) is 11.5 Å². The maximum Gasteiger partial charge on any atom is 0.284 e. The zero-order chi connectivity index (χ0) is 21.6. The molecule has 0 aliphatic carbocycles. The van der Waals surface area contributed by atoms with Crippen LogP contribution in [-0.4, -0.2) is 45.8 Å². The van der Waals surface area contributed by atoms with Crippen molar-refractivity contribution in [3.63, 3.8) is 0 Å². The van der Waals surface area contributed by atoms with E-state index in [4.69, 9.17) is 5.21 Å². The summed E-state index contributed by atoms with van der Waals surface area (Å²) in [7, 11) is 0. The summed E-state index contributed by atoms with van der Waals surface area (Å²) >= 11 is 1.34. The Bertz CT molecular complexity index is 1150. The predicted molar refractivity (Wildman–Crippen MR) is 123 cm³/mol. The van der Waals surface area contributed by atoms with Crippen molar-refractivity contribution in [1.82, 2.24) is 15.4 Å². The molecule has 0 fully saturated rings. The highest BCUT2D eigenvalue weighted by molar-refractivity contribution is 7.17. The standard InChI is InChI=1S/C24H25N3O3S/c28-14-13-27(12-11-19-15-25-21-4-2-1-3-20(19)21)16-17-5-7-18(8-6-17)22-9-10-23(31-22)24(29)26-30/h1-10,15,25,28,30H,11-14,16H2,(H,26,29). The lowest BCUT2D eigenvalue weighted by Gasteiger charge is -2.21. The minimum atomic E-state index is -0.497. The van der Waals surface area contributed by atoms with Crippen LogP contribution in [0.15, 0.2) is 66.9 Å². The molecule has 0 spiro atoms. The van der Waals surface area contributed by atoms with Gasteiger partial charge in [0.25, 0.3) is 5.91 Å².